The van der Waals surface area contributed by atoms with Gasteiger partial charge in [0.15, 0.2) is 0 Å². The Labute approximate surface area is 113 Å². The minimum atomic E-state index is 0.513. The lowest BCUT2D eigenvalue weighted by Crippen LogP contribution is -2.00. The fraction of sp³-hybridized carbons (Fsp3) is 0.400. The number of nitrogens with zero attached hydrogens (tertiary/aromatic N) is 2. The van der Waals surface area contributed by atoms with Gasteiger partial charge in [-0.1, -0.05) is 6.92 Å². The normalized spacial score (nSPS) is 13.4. The lowest BCUT2D eigenvalue weighted by molar-refractivity contribution is 0.353. The molecule has 0 atom stereocenters. The van der Waals surface area contributed by atoms with Crippen molar-refractivity contribution in [2.24, 2.45) is 5.73 Å². The van der Waals surface area contributed by atoms with Crippen LogP contribution in [0.25, 0.3) is 11.1 Å². The third kappa shape index (κ3) is 2.24. The summed E-state index contributed by atoms with van der Waals surface area (Å²) < 4.78 is 7.64. The van der Waals surface area contributed by atoms with Gasteiger partial charge in [0.25, 0.3) is 0 Å². The van der Waals surface area contributed by atoms with Crippen LogP contribution in [0.4, 0.5) is 0 Å². The number of aryl methyl sites for hydroxylation is 1. The lowest BCUT2D eigenvalue weighted by Gasteiger charge is -2.08. The maximum Gasteiger partial charge on any atom is 0.127 e. The van der Waals surface area contributed by atoms with Crippen LogP contribution in [0.15, 0.2) is 24.5 Å². The van der Waals surface area contributed by atoms with Gasteiger partial charge in [0.2, 0.25) is 0 Å². The summed E-state index contributed by atoms with van der Waals surface area (Å²) in [6, 6.07) is 4.33. The van der Waals surface area contributed by atoms with E-state index in [9.17, 15) is 0 Å². The fourth-order valence-corrected chi connectivity index (χ4v) is 2.57. The number of benzene rings is 1. The number of ether oxygens (including phenoxy) is 1. The molecule has 4 heteroatoms. The van der Waals surface area contributed by atoms with Crippen molar-refractivity contribution in [3.8, 4) is 16.9 Å². The van der Waals surface area contributed by atoms with Crippen molar-refractivity contribution in [3.05, 3.63) is 35.7 Å². The van der Waals surface area contributed by atoms with E-state index in [1.807, 2.05) is 10.9 Å². The lowest BCUT2D eigenvalue weighted by atomic mass is 10.0. The van der Waals surface area contributed by atoms with E-state index in [1.54, 1.807) is 0 Å². The second-order valence-corrected chi connectivity index (χ2v) is 4.92. The summed E-state index contributed by atoms with van der Waals surface area (Å²) in [6.07, 6.45) is 6.08. The van der Waals surface area contributed by atoms with Gasteiger partial charge in [0.1, 0.15) is 5.75 Å². The zero-order chi connectivity index (χ0) is 13.2. The van der Waals surface area contributed by atoms with Crippen LogP contribution in [0.1, 0.15) is 24.5 Å². The van der Waals surface area contributed by atoms with Crippen molar-refractivity contribution in [3.63, 3.8) is 0 Å². The van der Waals surface area contributed by atoms with E-state index in [1.165, 1.54) is 11.1 Å². The van der Waals surface area contributed by atoms with Crippen molar-refractivity contribution in [2.75, 3.05) is 6.61 Å². The molecule has 0 unspecified atom stereocenters. The van der Waals surface area contributed by atoms with Gasteiger partial charge in [-0.2, -0.15) is 5.10 Å². The molecule has 1 aliphatic rings. The van der Waals surface area contributed by atoms with Gasteiger partial charge in [-0.05, 0) is 29.7 Å². The minimum Gasteiger partial charge on any atom is -0.493 e. The number of hydrogen-bond acceptors (Lipinski definition) is 3. The highest BCUT2D eigenvalue weighted by Crippen LogP contribution is 2.34. The van der Waals surface area contributed by atoms with E-state index in [4.69, 9.17) is 10.5 Å². The highest BCUT2D eigenvalue weighted by Gasteiger charge is 2.18. The van der Waals surface area contributed by atoms with Crippen LogP contribution in [0.2, 0.25) is 0 Å². The molecule has 2 N–H and O–H groups in total. The monoisotopic (exact) mass is 257 g/mol. The Morgan fingerprint density at radius 2 is 2.26 bits per heavy atom. The molecule has 100 valence electrons. The van der Waals surface area contributed by atoms with Crippen LogP contribution >= 0.6 is 0 Å². The van der Waals surface area contributed by atoms with Crippen LogP contribution in [0.5, 0.6) is 5.75 Å². The second-order valence-electron chi connectivity index (χ2n) is 4.92. The molecule has 1 aromatic heterocycles. The predicted octanol–water partition coefficient (Wildman–Crippen LogP) is 2.35. The Balaban J connectivity index is 2.00. The number of fused-ring (bicyclic) bond motifs is 1. The number of nitrogens with two attached hydrogens (primary N) is 1. The highest BCUT2D eigenvalue weighted by molar-refractivity contribution is 5.67. The van der Waals surface area contributed by atoms with Crippen molar-refractivity contribution >= 4 is 0 Å². The fourth-order valence-electron chi connectivity index (χ4n) is 2.57. The van der Waals surface area contributed by atoms with Crippen molar-refractivity contribution in [1.29, 1.82) is 0 Å². The Morgan fingerprint density at radius 1 is 1.37 bits per heavy atom. The molecular weight excluding hydrogens is 238 g/mol. The Bertz CT molecular complexity index is 589. The topological polar surface area (TPSA) is 53.1 Å². The van der Waals surface area contributed by atoms with E-state index < -0.39 is 0 Å². The molecule has 0 bridgehead atoms. The van der Waals surface area contributed by atoms with Crippen molar-refractivity contribution in [1.82, 2.24) is 9.78 Å². The molecule has 1 aliphatic heterocycles. The van der Waals surface area contributed by atoms with Crippen LogP contribution in [-0.4, -0.2) is 16.4 Å². The molecule has 0 aliphatic carbocycles. The first-order valence-electron chi connectivity index (χ1n) is 6.83. The van der Waals surface area contributed by atoms with Gasteiger partial charge in [-0.3, -0.25) is 4.68 Å². The summed E-state index contributed by atoms with van der Waals surface area (Å²) in [5.74, 6) is 0.993. The Hall–Kier alpha value is -1.81. The van der Waals surface area contributed by atoms with Gasteiger partial charge in [-0.15, -0.1) is 0 Å². The van der Waals surface area contributed by atoms with Crippen LogP contribution in [-0.2, 0) is 19.5 Å². The van der Waals surface area contributed by atoms with Gasteiger partial charge >= 0.3 is 0 Å². The molecule has 2 heterocycles. The first kappa shape index (κ1) is 12.2. The summed E-state index contributed by atoms with van der Waals surface area (Å²) in [5, 5.41) is 4.39. The Kier molecular flexibility index (Phi) is 3.25. The maximum atomic E-state index is 5.82. The summed E-state index contributed by atoms with van der Waals surface area (Å²) >= 11 is 0. The second kappa shape index (κ2) is 5.05. The van der Waals surface area contributed by atoms with E-state index >= 15 is 0 Å². The summed E-state index contributed by atoms with van der Waals surface area (Å²) in [4.78, 5) is 0. The zero-order valence-corrected chi connectivity index (χ0v) is 11.2. The molecule has 0 saturated carbocycles. The van der Waals surface area contributed by atoms with Gasteiger partial charge in [-0.25, -0.2) is 0 Å². The minimum absolute atomic E-state index is 0.513. The van der Waals surface area contributed by atoms with Crippen LogP contribution in [0, 0.1) is 0 Å². The van der Waals surface area contributed by atoms with Gasteiger partial charge < -0.3 is 10.5 Å². The maximum absolute atomic E-state index is 5.82. The van der Waals surface area contributed by atoms with Crippen LogP contribution < -0.4 is 10.5 Å². The van der Waals surface area contributed by atoms with Crippen molar-refractivity contribution in [2.45, 2.75) is 32.9 Å². The SMILES string of the molecule is CCCn1cc(-c2cc(CN)c3c(c2)CCO3)cn1. The average Bonchev–Trinajstić information content (AvgIpc) is 3.06. The first-order chi connectivity index (χ1) is 9.31. The summed E-state index contributed by atoms with van der Waals surface area (Å²) in [5.41, 5.74) is 10.5. The largest absolute Gasteiger partial charge is 0.493 e. The quantitative estimate of drug-likeness (QED) is 0.914. The molecule has 0 saturated heterocycles. The van der Waals surface area contributed by atoms with E-state index in [-0.39, 0.29) is 0 Å². The van der Waals surface area contributed by atoms with Crippen molar-refractivity contribution < 1.29 is 4.74 Å². The smallest absolute Gasteiger partial charge is 0.127 e. The Morgan fingerprint density at radius 3 is 3.05 bits per heavy atom. The molecule has 1 aromatic carbocycles. The average molecular weight is 257 g/mol. The van der Waals surface area contributed by atoms with E-state index in [2.05, 4.69) is 30.4 Å². The number of aromatic nitrogens is 2. The summed E-state index contributed by atoms with van der Waals surface area (Å²) in [6.45, 7) is 4.39. The molecule has 4 nitrogen and oxygen atoms in total. The number of hydrogen-bond donors (Lipinski definition) is 1. The first-order valence-corrected chi connectivity index (χ1v) is 6.83. The molecule has 0 fully saturated rings. The van der Waals surface area contributed by atoms with E-state index in [0.717, 1.165) is 42.9 Å². The molecule has 2 aromatic rings. The third-order valence-corrected chi connectivity index (χ3v) is 3.50. The number of rotatable bonds is 4. The summed E-state index contributed by atoms with van der Waals surface area (Å²) in [7, 11) is 0. The predicted molar refractivity (Wildman–Crippen MR) is 75.0 cm³/mol. The standard InChI is InChI=1S/C15H19N3O/c1-2-4-18-10-14(9-17-18)12-6-11-3-5-19-15(11)13(7-12)8-16/h6-7,9-10H,2-5,8,16H2,1H3. The van der Waals surface area contributed by atoms with Gasteiger partial charge in [0, 0.05) is 36.8 Å². The highest BCUT2D eigenvalue weighted by atomic mass is 16.5. The molecule has 0 spiro atoms. The third-order valence-electron chi connectivity index (χ3n) is 3.50. The van der Waals surface area contributed by atoms with E-state index in [0.29, 0.717) is 6.54 Å². The van der Waals surface area contributed by atoms with Gasteiger partial charge in [0.05, 0.1) is 12.8 Å². The molecule has 0 radical (unpaired) electrons. The molecule has 0 amide bonds. The van der Waals surface area contributed by atoms with Crippen LogP contribution in [0.3, 0.4) is 0 Å². The molecule has 19 heavy (non-hydrogen) atoms. The molecular formula is C15H19N3O. The zero-order valence-electron chi connectivity index (χ0n) is 11.2. The molecule has 3 rings (SSSR count).